The molecule has 2 N–H and O–H groups in total. The van der Waals surface area contributed by atoms with Crippen molar-refractivity contribution in [3.8, 4) is 0 Å². The monoisotopic (exact) mass is 303 g/mol. The van der Waals surface area contributed by atoms with E-state index in [1.807, 2.05) is 36.2 Å². The molecule has 1 aliphatic rings. The van der Waals surface area contributed by atoms with Crippen LogP contribution in [0.25, 0.3) is 0 Å². The number of rotatable bonds is 6. The summed E-state index contributed by atoms with van der Waals surface area (Å²) in [6.45, 7) is 2.04. The molecule has 4 nitrogen and oxygen atoms in total. The molecule has 1 aromatic carbocycles. The Labute approximate surface area is 134 Å². The average Bonchev–Trinajstić information content (AvgIpc) is 2.52. The Morgan fingerprint density at radius 2 is 2.14 bits per heavy atom. The highest BCUT2D eigenvalue weighted by molar-refractivity contribution is 5.76. The van der Waals surface area contributed by atoms with Gasteiger partial charge in [-0.1, -0.05) is 24.6 Å². The lowest BCUT2D eigenvalue weighted by molar-refractivity contribution is -0.130. The highest BCUT2D eigenvalue weighted by atomic mass is 16.2. The van der Waals surface area contributed by atoms with Gasteiger partial charge in [0.25, 0.3) is 0 Å². The van der Waals surface area contributed by atoms with Crippen molar-refractivity contribution in [2.45, 2.75) is 44.6 Å². The van der Waals surface area contributed by atoms with E-state index in [1.54, 1.807) is 0 Å². The van der Waals surface area contributed by atoms with Crippen LogP contribution in [-0.4, -0.2) is 48.9 Å². The second kappa shape index (κ2) is 8.18. The average molecular weight is 303 g/mol. The molecule has 0 saturated carbocycles. The van der Waals surface area contributed by atoms with E-state index < -0.39 is 0 Å². The summed E-state index contributed by atoms with van der Waals surface area (Å²) >= 11 is 0. The molecule has 1 unspecified atom stereocenters. The number of nitrogens with zero attached hydrogens (tertiary/aromatic N) is 2. The maximum absolute atomic E-state index is 12.3. The zero-order valence-electron chi connectivity index (χ0n) is 13.9. The van der Waals surface area contributed by atoms with Crippen molar-refractivity contribution < 1.29 is 4.79 Å². The minimum absolute atomic E-state index is 0.210. The van der Waals surface area contributed by atoms with Gasteiger partial charge in [0.1, 0.15) is 0 Å². The number of carbonyl (C=O) groups is 1. The molecule has 0 bridgehead atoms. The third-order valence-electron chi connectivity index (χ3n) is 4.81. The van der Waals surface area contributed by atoms with Crippen LogP contribution in [-0.2, 0) is 11.2 Å². The topological polar surface area (TPSA) is 49.6 Å². The van der Waals surface area contributed by atoms with Crippen LogP contribution in [0.3, 0.4) is 0 Å². The Kier molecular flexibility index (Phi) is 6.25. The lowest BCUT2D eigenvalue weighted by Gasteiger charge is -2.33. The molecule has 0 aromatic heterocycles. The number of hydrogen-bond acceptors (Lipinski definition) is 3. The zero-order chi connectivity index (χ0) is 15.9. The molecule has 1 amide bonds. The summed E-state index contributed by atoms with van der Waals surface area (Å²) in [7, 11) is 4.11. The largest absolute Gasteiger partial charge is 0.399 e. The smallest absolute Gasteiger partial charge is 0.222 e. The van der Waals surface area contributed by atoms with Gasteiger partial charge in [-0.2, -0.15) is 0 Å². The summed E-state index contributed by atoms with van der Waals surface area (Å²) in [5.41, 5.74) is 7.77. The summed E-state index contributed by atoms with van der Waals surface area (Å²) in [6.07, 6.45) is 6.22. The molecule has 122 valence electrons. The number of para-hydroxylation sites is 1. The maximum Gasteiger partial charge on any atom is 0.222 e. The SMILES string of the molecule is CN(CCC1CCCCN1C)C(=O)CCc1ccccc1N. The molecule has 1 fully saturated rings. The molecular formula is C18H29N3O. The summed E-state index contributed by atoms with van der Waals surface area (Å²) in [5, 5.41) is 0. The van der Waals surface area contributed by atoms with E-state index in [0.29, 0.717) is 12.5 Å². The van der Waals surface area contributed by atoms with Crippen molar-refractivity contribution in [3.05, 3.63) is 29.8 Å². The van der Waals surface area contributed by atoms with Crippen molar-refractivity contribution in [1.82, 2.24) is 9.80 Å². The van der Waals surface area contributed by atoms with Crippen LogP contribution >= 0.6 is 0 Å². The predicted octanol–water partition coefficient (Wildman–Crippen LogP) is 2.53. The van der Waals surface area contributed by atoms with Gasteiger partial charge in [0, 0.05) is 31.7 Å². The van der Waals surface area contributed by atoms with Crippen molar-refractivity contribution >= 4 is 11.6 Å². The first-order chi connectivity index (χ1) is 10.6. The van der Waals surface area contributed by atoms with Crippen LogP contribution in [0.5, 0.6) is 0 Å². The minimum atomic E-state index is 0.210. The van der Waals surface area contributed by atoms with Crippen LogP contribution in [0.1, 0.15) is 37.7 Å². The number of amides is 1. The second-order valence-electron chi connectivity index (χ2n) is 6.43. The first-order valence-corrected chi connectivity index (χ1v) is 8.35. The van der Waals surface area contributed by atoms with Gasteiger partial charge in [0.15, 0.2) is 0 Å². The number of hydrogen-bond donors (Lipinski definition) is 1. The fraction of sp³-hybridized carbons (Fsp3) is 0.611. The van der Waals surface area contributed by atoms with Gasteiger partial charge in [0.2, 0.25) is 5.91 Å². The third-order valence-corrected chi connectivity index (χ3v) is 4.81. The van der Waals surface area contributed by atoms with E-state index in [1.165, 1.54) is 25.8 Å². The van der Waals surface area contributed by atoms with Gasteiger partial charge < -0.3 is 15.5 Å². The molecule has 2 rings (SSSR count). The number of benzene rings is 1. The Bertz CT molecular complexity index is 489. The fourth-order valence-corrected chi connectivity index (χ4v) is 3.17. The van der Waals surface area contributed by atoms with E-state index in [0.717, 1.165) is 30.6 Å². The Morgan fingerprint density at radius 1 is 1.36 bits per heavy atom. The minimum Gasteiger partial charge on any atom is -0.399 e. The van der Waals surface area contributed by atoms with Crippen molar-refractivity contribution in [3.63, 3.8) is 0 Å². The molecule has 0 aliphatic carbocycles. The van der Waals surface area contributed by atoms with Crippen LogP contribution in [0.15, 0.2) is 24.3 Å². The lowest BCUT2D eigenvalue weighted by Crippen LogP contribution is -2.39. The van der Waals surface area contributed by atoms with Crippen LogP contribution < -0.4 is 5.73 Å². The van der Waals surface area contributed by atoms with E-state index in [9.17, 15) is 4.79 Å². The van der Waals surface area contributed by atoms with E-state index in [2.05, 4.69) is 11.9 Å². The molecule has 1 aromatic rings. The number of carbonyl (C=O) groups excluding carboxylic acids is 1. The molecule has 1 aliphatic heterocycles. The number of nitrogens with two attached hydrogens (primary N) is 1. The number of likely N-dealkylation sites (tertiary alicyclic amines) is 1. The number of nitrogen functional groups attached to an aromatic ring is 1. The number of anilines is 1. The third kappa shape index (κ3) is 4.73. The van der Waals surface area contributed by atoms with Gasteiger partial charge in [-0.3, -0.25) is 4.79 Å². The normalized spacial score (nSPS) is 19.1. The Morgan fingerprint density at radius 3 is 2.86 bits per heavy atom. The quantitative estimate of drug-likeness (QED) is 0.822. The van der Waals surface area contributed by atoms with Gasteiger partial charge in [-0.25, -0.2) is 0 Å². The summed E-state index contributed by atoms with van der Waals surface area (Å²) in [6, 6.07) is 8.42. The highest BCUT2D eigenvalue weighted by Gasteiger charge is 2.20. The van der Waals surface area contributed by atoms with E-state index in [-0.39, 0.29) is 5.91 Å². The first-order valence-electron chi connectivity index (χ1n) is 8.35. The van der Waals surface area contributed by atoms with Gasteiger partial charge >= 0.3 is 0 Å². The maximum atomic E-state index is 12.3. The Balaban J connectivity index is 1.74. The standard InChI is InChI=1S/C18H29N3O/c1-20-13-6-5-8-16(20)12-14-21(2)18(22)11-10-15-7-3-4-9-17(15)19/h3-4,7,9,16H,5-6,8,10-14,19H2,1-2H3. The fourth-order valence-electron chi connectivity index (χ4n) is 3.17. The molecule has 1 saturated heterocycles. The van der Waals surface area contributed by atoms with Crippen molar-refractivity contribution in [2.75, 3.05) is 32.9 Å². The molecule has 4 heteroatoms. The van der Waals surface area contributed by atoms with Crippen molar-refractivity contribution in [1.29, 1.82) is 0 Å². The van der Waals surface area contributed by atoms with Crippen LogP contribution in [0, 0.1) is 0 Å². The van der Waals surface area contributed by atoms with Gasteiger partial charge in [-0.15, -0.1) is 0 Å². The molecule has 1 heterocycles. The van der Waals surface area contributed by atoms with Crippen LogP contribution in [0.2, 0.25) is 0 Å². The summed E-state index contributed by atoms with van der Waals surface area (Å²) in [4.78, 5) is 16.6. The molecular weight excluding hydrogens is 274 g/mol. The first kappa shape index (κ1) is 16.8. The van der Waals surface area contributed by atoms with Gasteiger partial charge in [-0.05, 0) is 50.9 Å². The van der Waals surface area contributed by atoms with Crippen molar-refractivity contribution in [2.24, 2.45) is 0 Å². The lowest BCUT2D eigenvalue weighted by atomic mass is 10.00. The molecule has 0 spiro atoms. The highest BCUT2D eigenvalue weighted by Crippen LogP contribution is 2.18. The Hall–Kier alpha value is -1.55. The second-order valence-corrected chi connectivity index (χ2v) is 6.43. The van der Waals surface area contributed by atoms with Crippen LogP contribution in [0.4, 0.5) is 5.69 Å². The zero-order valence-corrected chi connectivity index (χ0v) is 13.9. The summed E-state index contributed by atoms with van der Waals surface area (Å²) in [5.74, 6) is 0.210. The summed E-state index contributed by atoms with van der Waals surface area (Å²) < 4.78 is 0. The van der Waals surface area contributed by atoms with E-state index in [4.69, 9.17) is 5.73 Å². The van der Waals surface area contributed by atoms with E-state index >= 15 is 0 Å². The molecule has 22 heavy (non-hydrogen) atoms. The number of aryl methyl sites for hydroxylation is 1. The molecule has 1 atom stereocenters. The molecule has 0 radical (unpaired) electrons. The number of piperidine rings is 1. The van der Waals surface area contributed by atoms with Gasteiger partial charge in [0.05, 0.1) is 0 Å². The predicted molar refractivity (Wildman–Crippen MR) is 91.7 cm³/mol.